The fourth-order valence-electron chi connectivity index (χ4n) is 5.42. The van der Waals surface area contributed by atoms with E-state index in [2.05, 4.69) is 4.98 Å². The zero-order valence-electron chi connectivity index (χ0n) is 21.1. The van der Waals surface area contributed by atoms with Crippen molar-refractivity contribution in [3.63, 3.8) is 0 Å². The first kappa shape index (κ1) is 27.2. The van der Waals surface area contributed by atoms with Crippen molar-refractivity contribution >= 4 is 22.9 Å². The molecule has 12 heteroatoms. The highest BCUT2D eigenvalue weighted by Crippen LogP contribution is 2.46. The van der Waals surface area contributed by atoms with E-state index in [0.29, 0.717) is 0 Å². The highest BCUT2D eigenvalue weighted by Gasteiger charge is 2.46. The Morgan fingerprint density at radius 2 is 1.90 bits per heavy atom. The van der Waals surface area contributed by atoms with Crippen LogP contribution in [0, 0.1) is 11.7 Å². The van der Waals surface area contributed by atoms with Crippen molar-refractivity contribution in [2.45, 2.75) is 56.1 Å². The molecule has 0 unspecified atom stereocenters. The number of carbonyl (C=O) groups is 1. The number of hydrogen-bond donors (Lipinski definition) is 2. The lowest BCUT2D eigenvalue weighted by Gasteiger charge is -2.42. The van der Waals surface area contributed by atoms with Crippen LogP contribution in [0.5, 0.6) is 11.6 Å². The van der Waals surface area contributed by atoms with Gasteiger partial charge in [-0.1, -0.05) is 0 Å². The Hall–Kier alpha value is -3.38. The average molecular weight is 563 g/mol. The number of amides is 1. The first-order valence-electron chi connectivity index (χ1n) is 12.7. The number of rotatable bonds is 6. The van der Waals surface area contributed by atoms with Gasteiger partial charge in [-0.2, -0.15) is 11.3 Å². The molecule has 2 aromatic heterocycles. The number of nitrogen functional groups attached to an aromatic ring is 1. The van der Waals surface area contributed by atoms with Crippen LogP contribution in [-0.4, -0.2) is 50.1 Å². The normalized spacial score (nSPS) is 22.4. The summed E-state index contributed by atoms with van der Waals surface area (Å²) in [5.41, 5.74) is 4.56. The van der Waals surface area contributed by atoms with E-state index in [4.69, 9.17) is 10.5 Å². The second-order valence-electron chi connectivity index (χ2n) is 10.4. The minimum atomic E-state index is -2.80. The molecule has 3 aromatic rings. The number of halogens is 3. The molecule has 1 aromatic carbocycles. The van der Waals surface area contributed by atoms with Crippen LogP contribution in [0.1, 0.15) is 43.6 Å². The third-order valence-electron chi connectivity index (χ3n) is 7.65. The predicted molar refractivity (Wildman–Crippen MR) is 139 cm³/mol. The summed E-state index contributed by atoms with van der Waals surface area (Å²) in [6, 6.07) is 6.96. The van der Waals surface area contributed by atoms with E-state index in [0.717, 1.165) is 5.56 Å². The van der Waals surface area contributed by atoms with Crippen LogP contribution in [-0.2, 0) is 11.3 Å². The molecule has 0 spiro atoms. The van der Waals surface area contributed by atoms with Crippen LogP contribution < -0.4 is 16.0 Å². The molecular formula is C27H29F3N4O4S. The summed E-state index contributed by atoms with van der Waals surface area (Å²) >= 11 is 1.42. The summed E-state index contributed by atoms with van der Waals surface area (Å²) in [7, 11) is 0. The topological polar surface area (TPSA) is 111 Å². The lowest BCUT2D eigenvalue weighted by atomic mass is 9.73. The van der Waals surface area contributed by atoms with Crippen LogP contribution in [0.3, 0.4) is 0 Å². The fourth-order valence-corrected chi connectivity index (χ4v) is 6.14. The molecule has 0 radical (unpaired) electrons. The summed E-state index contributed by atoms with van der Waals surface area (Å²) in [5.74, 6) is -4.37. The highest BCUT2D eigenvalue weighted by molar-refractivity contribution is 7.08. The molecule has 1 saturated carbocycles. The van der Waals surface area contributed by atoms with Gasteiger partial charge in [0.15, 0.2) is 5.69 Å². The maximum atomic E-state index is 14.2. The molecule has 3 heterocycles. The SMILES string of the molecule is Nc1c(Oc2ccc(F)cc2)ncn(CC2(O)CCN(C(=O)[C@@H]3CCC(F)(F)C[C@H]3c3ccsc3)CC2)c1=O. The Balaban J connectivity index is 1.23. The summed E-state index contributed by atoms with van der Waals surface area (Å²) in [4.78, 5) is 32.0. The van der Waals surface area contributed by atoms with Crippen LogP contribution in [0.2, 0.25) is 0 Å². The molecule has 8 nitrogen and oxygen atoms in total. The lowest BCUT2D eigenvalue weighted by molar-refractivity contribution is -0.145. The third kappa shape index (κ3) is 5.96. The van der Waals surface area contributed by atoms with Crippen molar-refractivity contribution in [3.05, 3.63) is 69.2 Å². The molecule has 1 aliphatic heterocycles. The van der Waals surface area contributed by atoms with Crippen molar-refractivity contribution in [1.29, 1.82) is 0 Å². The number of aromatic nitrogens is 2. The van der Waals surface area contributed by atoms with Crippen LogP contribution in [0.15, 0.2) is 52.2 Å². The summed E-state index contributed by atoms with van der Waals surface area (Å²) in [6.07, 6.45) is 1.06. The van der Waals surface area contributed by atoms with E-state index in [9.17, 15) is 27.9 Å². The fraction of sp³-hybridized carbons (Fsp3) is 0.444. The first-order chi connectivity index (χ1) is 18.5. The van der Waals surface area contributed by atoms with Gasteiger partial charge in [0.05, 0.1) is 12.1 Å². The van der Waals surface area contributed by atoms with Gasteiger partial charge in [0, 0.05) is 37.8 Å². The van der Waals surface area contributed by atoms with E-state index < -0.39 is 34.7 Å². The van der Waals surface area contributed by atoms with Crippen molar-refractivity contribution in [2.75, 3.05) is 18.8 Å². The third-order valence-corrected chi connectivity index (χ3v) is 8.35. The molecule has 2 atom stereocenters. The van der Waals surface area contributed by atoms with E-state index in [-0.39, 0.29) is 75.0 Å². The van der Waals surface area contributed by atoms with E-state index in [1.807, 2.05) is 10.8 Å². The van der Waals surface area contributed by atoms with E-state index in [1.54, 1.807) is 11.0 Å². The van der Waals surface area contributed by atoms with Gasteiger partial charge < -0.3 is 20.5 Å². The summed E-state index contributed by atoms with van der Waals surface area (Å²) in [6.45, 7) is 0.388. The minimum Gasteiger partial charge on any atom is -0.437 e. The number of nitrogens with two attached hydrogens (primary N) is 1. The number of thiophene rings is 1. The van der Waals surface area contributed by atoms with Gasteiger partial charge >= 0.3 is 0 Å². The largest absolute Gasteiger partial charge is 0.437 e. The quantitative estimate of drug-likeness (QED) is 0.461. The second-order valence-corrected chi connectivity index (χ2v) is 11.2. The molecule has 0 bridgehead atoms. The van der Waals surface area contributed by atoms with Crippen molar-refractivity contribution in [2.24, 2.45) is 5.92 Å². The Labute approximate surface area is 226 Å². The maximum absolute atomic E-state index is 14.2. The first-order valence-corrected chi connectivity index (χ1v) is 13.7. The molecule has 2 aliphatic rings. The van der Waals surface area contributed by atoms with Gasteiger partial charge in [-0.25, -0.2) is 18.2 Å². The van der Waals surface area contributed by atoms with E-state index >= 15 is 0 Å². The zero-order valence-corrected chi connectivity index (χ0v) is 21.9. The van der Waals surface area contributed by atoms with Gasteiger partial charge in [0.25, 0.3) is 5.56 Å². The number of carbonyl (C=O) groups excluding carboxylic acids is 1. The smallest absolute Gasteiger partial charge is 0.280 e. The highest BCUT2D eigenvalue weighted by atomic mass is 32.1. The minimum absolute atomic E-state index is 0.0882. The number of piperidine rings is 1. The maximum Gasteiger partial charge on any atom is 0.280 e. The number of ether oxygens (including phenoxy) is 1. The molecule has 2 fully saturated rings. The zero-order chi connectivity index (χ0) is 27.8. The molecule has 1 amide bonds. The summed E-state index contributed by atoms with van der Waals surface area (Å²) in [5, 5.41) is 14.9. The lowest BCUT2D eigenvalue weighted by Crippen LogP contribution is -2.52. The molecular weight excluding hydrogens is 533 g/mol. The number of anilines is 1. The number of benzene rings is 1. The summed E-state index contributed by atoms with van der Waals surface area (Å²) < 4.78 is 48.3. The Bertz CT molecular complexity index is 1370. The van der Waals surface area contributed by atoms with Gasteiger partial charge in [0.2, 0.25) is 17.7 Å². The Morgan fingerprint density at radius 3 is 2.56 bits per heavy atom. The Kier molecular flexibility index (Phi) is 7.43. The number of alkyl halides is 2. The van der Waals surface area contributed by atoms with Crippen LogP contribution in [0.25, 0.3) is 0 Å². The number of nitrogens with zero attached hydrogens (tertiary/aromatic N) is 3. The molecule has 208 valence electrons. The molecule has 3 N–H and O–H groups in total. The van der Waals surface area contributed by atoms with Crippen LogP contribution in [0.4, 0.5) is 18.9 Å². The predicted octanol–water partition coefficient (Wildman–Crippen LogP) is 4.39. The number of likely N-dealkylation sites (tertiary alicyclic amines) is 1. The molecule has 1 aliphatic carbocycles. The molecule has 39 heavy (non-hydrogen) atoms. The van der Waals surface area contributed by atoms with E-state index in [1.165, 1.54) is 46.5 Å². The average Bonchev–Trinajstić information content (AvgIpc) is 3.44. The van der Waals surface area contributed by atoms with Gasteiger partial charge in [0.1, 0.15) is 17.9 Å². The molecule has 5 rings (SSSR count). The van der Waals surface area contributed by atoms with Crippen molar-refractivity contribution in [3.8, 4) is 11.6 Å². The number of aliphatic hydroxyl groups is 1. The standard InChI is InChI=1S/C27H29F3N4O4S/c28-18-1-3-19(4-2-18)38-23-22(31)25(36)34(16-32-23)15-26(37)8-10-33(11-9-26)24(35)20-5-7-27(29,30)13-21(20)17-6-12-39-14-17/h1-4,6,12,14,16,20-21,37H,5,7-11,13,15,31H2/t20-,21+/m1/s1. The van der Waals surface area contributed by atoms with Gasteiger partial charge in [-0.3, -0.25) is 14.2 Å². The van der Waals surface area contributed by atoms with Gasteiger partial charge in [-0.15, -0.1) is 0 Å². The number of hydrogen-bond acceptors (Lipinski definition) is 7. The van der Waals surface area contributed by atoms with Crippen molar-refractivity contribution in [1.82, 2.24) is 14.5 Å². The van der Waals surface area contributed by atoms with Crippen molar-refractivity contribution < 1.29 is 27.8 Å². The molecule has 1 saturated heterocycles. The second kappa shape index (κ2) is 10.6. The van der Waals surface area contributed by atoms with Crippen LogP contribution >= 0.6 is 11.3 Å². The Morgan fingerprint density at radius 1 is 1.18 bits per heavy atom. The monoisotopic (exact) mass is 562 g/mol. The van der Waals surface area contributed by atoms with Gasteiger partial charge in [-0.05, 0) is 65.9 Å².